The van der Waals surface area contributed by atoms with E-state index in [1.807, 2.05) is 19.2 Å². The van der Waals surface area contributed by atoms with E-state index in [4.69, 9.17) is 0 Å². The molecule has 0 aliphatic heterocycles. The standard InChI is InChI=1S/C11H12N2S/c1-3-9-5-4-6-12-10(9)11-13-8(2)7-14-11/h4-7H,3H2,1-2H3. The lowest BCUT2D eigenvalue weighted by atomic mass is 10.1. The molecule has 2 aromatic heterocycles. The molecule has 0 N–H and O–H groups in total. The molecule has 72 valence electrons. The molecule has 0 aliphatic carbocycles. The Morgan fingerprint density at radius 1 is 1.43 bits per heavy atom. The van der Waals surface area contributed by atoms with Gasteiger partial charge in [-0.2, -0.15) is 0 Å². The lowest BCUT2D eigenvalue weighted by Gasteiger charge is -2.01. The maximum absolute atomic E-state index is 4.45. The van der Waals surface area contributed by atoms with Crippen LogP contribution < -0.4 is 0 Å². The van der Waals surface area contributed by atoms with E-state index in [0.29, 0.717) is 0 Å². The molecule has 0 spiro atoms. The summed E-state index contributed by atoms with van der Waals surface area (Å²) in [4.78, 5) is 8.83. The number of hydrogen-bond donors (Lipinski definition) is 0. The van der Waals surface area contributed by atoms with Gasteiger partial charge in [0, 0.05) is 17.3 Å². The molecule has 3 heteroatoms. The molecule has 0 aliphatic rings. The second kappa shape index (κ2) is 3.88. The van der Waals surface area contributed by atoms with Gasteiger partial charge in [-0.3, -0.25) is 4.98 Å². The van der Waals surface area contributed by atoms with Crippen LogP contribution in [-0.4, -0.2) is 9.97 Å². The topological polar surface area (TPSA) is 25.8 Å². The van der Waals surface area contributed by atoms with Crippen molar-refractivity contribution in [2.75, 3.05) is 0 Å². The second-order valence-electron chi connectivity index (χ2n) is 3.16. The summed E-state index contributed by atoms with van der Waals surface area (Å²) in [6.07, 6.45) is 2.83. The van der Waals surface area contributed by atoms with Crippen molar-refractivity contribution in [3.63, 3.8) is 0 Å². The number of hydrogen-bond acceptors (Lipinski definition) is 3. The minimum absolute atomic E-state index is 1.00. The fourth-order valence-electron chi connectivity index (χ4n) is 1.38. The van der Waals surface area contributed by atoms with Crippen molar-refractivity contribution < 1.29 is 0 Å². The molecule has 0 unspecified atom stereocenters. The predicted octanol–water partition coefficient (Wildman–Crippen LogP) is 3.08. The Morgan fingerprint density at radius 2 is 2.29 bits per heavy atom. The third-order valence-electron chi connectivity index (χ3n) is 2.09. The molecule has 0 saturated carbocycles. The maximum Gasteiger partial charge on any atom is 0.142 e. The molecular weight excluding hydrogens is 192 g/mol. The van der Waals surface area contributed by atoms with Gasteiger partial charge in [0.2, 0.25) is 0 Å². The average molecular weight is 204 g/mol. The van der Waals surface area contributed by atoms with E-state index in [-0.39, 0.29) is 0 Å². The first-order valence-electron chi connectivity index (χ1n) is 4.67. The van der Waals surface area contributed by atoms with Crippen molar-refractivity contribution in [3.05, 3.63) is 35.0 Å². The van der Waals surface area contributed by atoms with Crippen molar-refractivity contribution >= 4 is 11.3 Å². The third-order valence-corrected chi connectivity index (χ3v) is 3.06. The summed E-state index contributed by atoms with van der Waals surface area (Å²) in [5.41, 5.74) is 3.37. The lowest BCUT2D eigenvalue weighted by Crippen LogP contribution is -1.90. The molecular formula is C11H12N2S. The molecule has 2 aromatic rings. The van der Waals surface area contributed by atoms with Gasteiger partial charge in [-0.15, -0.1) is 11.3 Å². The average Bonchev–Trinajstić information content (AvgIpc) is 2.65. The minimum Gasteiger partial charge on any atom is -0.253 e. The summed E-state index contributed by atoms with van der Waals surface area (Å²) >= 11 is 1.66. The molecule has 2 rings (SSSR count). The number of nitrogens with zero attached hydrogens (tertiary/aromatic N) is 2. The number of rotatable bonds is 2. The second-order valence-corrected chi connectivity index (χ2v) is 4.02. The minimum atomic E-state index is 1.00. The summed E-state index contributed by atoms with van der Waals surface area (Å²) < 4.78 is 0. The first kappa shape index (κ1) is 9.34. The largest absolute Gasteiger partial charge is 0.253 e. The highest BCUT2D eigenvalue weighted by atomic mass is 32.1. The van der Waals surface area contributed by atoms with Crippen LogP contribution in [0.2, 0.25) is 0 Å². The summed E-state index contributed by atoms with van der Waals surface area (Å²) in [6, 6.07) is 4.09. The number of aromatic nitrogens is 2. The maximum atomic E-state index is 4.45. The van der Waals surface area contributed by atoms with E-state index in [0.717, 1.165) is 22.8 Å². The van der Waals surface area contributed by atoms with Gasteiger partial charge in [-0.05, 0) is 25.0 Å². The fourth-order valence-corrected chi connectivity index (χ4v) is 2.21. The number of aryl methyl sites for hydroxylation is 2. The molecule has 14 heavy (non-hydrogen) atoms. The SMILES string of the molecule is CCc1cccnc1-c1nc(C)cs1. The van der Waals surface area contributed by atoms with Gasteiger partial charge < -0.3 is 0 Å². The molecule has 0 saturated heterocycles. The first-order valence-corrected chi connectivity index (χ1v) is 5.55. The summed E-state index contributed by atoms with van der Waals surface area (Å²) in [6.45, 7) is 4.15. The Balaban J connectivity index is 2.50. The van der Waals surface area contributed by atoms with E-state index in [1.165, 1.54) is 5.56 Å². The first-order chi connectivity index (χ1) is 6.81. The normalized spacial score (nSPS) is 10.4. The summed E-state index contributed by atoms with van der Waals surface area (Å²) in [5, 5.41) is 3.09. The molecule has 0 atom stereocenters. The van der Waals surface area contributed by atoms with E-state index < -0.39 is 0 Å². The fraction of sp³-hybridized carbons (Fsp3) is 0.273. The zero-order valence-corrected chi connectivity index (χ0v) is 9.14. The highest BCUT2D eigenvalue weighted by molar-refractivity contribution is 7.13. The van der Waals surface area contributed by atoms with E-state index in [2.05, 4.69) is 28.3 Å². The Bertz CT molecular complexity index is 434. The van der Waals surface area contributed by atoms with Crippen LogP contribution >= 0.6 is 11.3 Å². The van der Waals surface area contributed by atoms with Crippen LogP contribution in [0.5, 0.6) is 0 Å². The lowest BCUT2D eigenvalue weighted by molar-refractivity contribution is 1.10. The predicted molar refractivity (Wildman–Crippen MR) is 59.5 cm³/mol. The summed E-state index contributed by atoms with van der Waals surface area (Å²) in [5.74, 6) is 0. The third kappa shape index (κ3) is 1.68. The van der Waals surface area contributed by atoms with Crippen molar-refractivity contribution in [1.29, 1.82) is 0 Å². The summed E-state index contributed by atoms with van der Waals surface area (Å²) in [7, 11) is 0. The van der Waals surface area contributed by atoms with Gasteiger partial charge in [0.1, 0.15) is 10.7 Å². The molecule has 0 amide bonds. The van der Waals surface area contributed by atoms with Gasteiger partial charge in [0.25, 0.3) is 0 Å². The zero-order chi connectivity index (χ0) is 9.97. The van der Waals surface area contributed by atoms with Crippen LogP contribution in [-0.2, 0) is 6.42 Å². The van der Waals surface area contributed by atoms with Gasteiger partial charge in [0.05, 0.1) is 0 Å². The van der Waals surface area contributed by atoms with Gasteiger partial charge >= 0.3 is 0 Å². The van der Waals surface area contributed by atoms with Gasteiger partial charge in [0.15, 0.2) is 0 Å². The Kier molecular flexibility index (Phi) is 2.59. The van der Waals surface area contributed by atoms with Crippen LogP contribution in [0.25, 0.3) is 10.7 Å². The van der Waals surface area contributed by atoms with Crippen molar-refractivity contribution in [1.82, 2.24) is 9.97 Å². The quantitative estimate of drug-likeness (QED) is 0.751. The Hall–Kier alpha value is -1.22. The molecule has 2 nitrogen and oxygen atoms in total. The molecule has 0 aromatic carbocycles. The zero-order valence-electron chi connectivity index (χ0n) is 8.32. The highest BCUT2D eigenvalue weighted by Crippen LogP contribution is 2.24. The van der Waals surface area contributed by atoms with Crippen LogP contribution in [0.3, 0.4) is 0 Å². The monoisotopic (exact) mass is 204 g/mol. The van der Waals surface area contributed by atoms with Gasteiger partial charge in [-0.1, -0.05) is 13.0 Å². The van der Waals surface area contributed by atoms with Crippen LogP contribution in [0.4, 0.5) is 0 Å². The van der Waals surface area contributed by atoms with E-state index >= 15 is 0 Å². The van der Waals surface area contributed by atoms with E-state index in [1.54, 1.807) is 11.3 Å². The number of pyridine rings is 1. The van der Waals surface area contributed by atoms with Crippen molar-refractivity contribution in [2.45, 2.75) is 20.3 Å². The van der Waals surface area contributed by atoms with Crippen molar-refractivity contribution in [2.24, 2.45) is 0 Å². The number of thiazole rings is 1. The van der Waals surface area contributed by atoms with E-state index in [9.17, 15) is 0 Å². The van der Waals surface area contributed by atoms with Crippen LogP contribution in [0.1, 0.15) is 18.2 Å². The molecule has 0 fully saturated rings. The van der Waals surface area contributed by atoms with Crippen LogP contribution in [0, 0.1) is 6.92 Å². The molecule has 0 radical (unpaired) electrons. The van der Waals surface area contributed by atoms with Crippen molar-refractivity contribution in [3.8, 4) is 10.7 Å². The smallest absolute Gasteiger partial charge is 0.142 e. The van der Waals surface area contributed by atoms with Crippen LogP contribution in [0.15, 0.2) is 23.7 Å². The Morgan fingerprint density at radius 3 is 2.93 bits per heavy atom. The highest BCUT2D eigenvalue weighted by Gasteiger charge is 2.07. The van der Waals surface area contributed by atoms with Gasteiger partial charge in [-0.25, -0.2) is 4.98 Å². The molecule has 2 heterocycles. The molecule has 0 bridgehead atoms. The Labute approximate surface area is 87.7 Å².